The summed E-state index contributed by atoms with van der Waals surface area (Å²) in [7, 11) is 3.16. The van der Waals surface area contributed by atoms with Gasteiger partial charge in [0.2, 0.25) is 0 Å². The van der Waals surface area contributed by atoms with Crippen molar-refractivity contribution in [2.45, 2.75) is 6.54 Å². The molecule has 1 aromatic carbocycles. The second-order valence-corrected chi connectivity index (χ2v) is 3.34. The van der Waals surface area contributed by atoms with Crippen LogP contribution in [0.1, 0.15) is 0 Å². The van der Waals surface area contributed by atoms with Crippen LogP contribution in [0.15, 0.2) is 18.5 Å². The van der Waals surface area contributed by atoms with Gasteiger partial charge in [-0.15, -0.1) is 0 Å². The van der Waals surface area contributed by atoms with Gasteiger partial charge in [-0.3, -0.25) is 0 Å². The van der Waals surface area contributed by atoms with Gasteiger partial charge in [-0.1, -0.05) is 0 Å². The highest BCUT2D eigenvalue weighted by molar-refractivity contribution is 5.80. The molecule has 1 radical (unpaired) electrons. The summed E-state index contributed by atoms with van der Waals surface area (Å²) < 4.78 is 12.2. The van der Waals surface area contributed by atoms with Crippen molar-refractivity contribution >= 4 is 11.0 Å². The zero-order valence-electron chi connectivity index (χ0n) is 9.27. The summed E-state index contributed by atoms with van der Waals surface area (Å²) in [5.74, 6) is 1.28. The monoisotopic (exact) mass is 221 g/mol. The third kappa shape index (κ3) is 1.69. The summed E-state index contributed by atoms with van der Waals surface area (Å²) in [4.78, 5) is 4.21. The zero-order valence-corrected chi connectivity index (χ0v) is 9.27. The van der Waals surface area contributed by atoms with Crippen molar-refractivity contribution in [3.05, 3.63) is 18.5 Å². The highest BCUT2D eigenvalue weighted by Crippen LogP contribution is 2.31. The van der Waals surface area contributed by atoms with Crippen molar-refractivity contribution in [2.75, 3.05) is 20.8 Å². The van der Waals surface area contributed by atoms with Gasteiger partial charge in [0.25, 0.3) is 0 Å². The fourth-order valence-corrected chi connectivity index (χ4v) is 1.66. The first-order valence-corrected chi connectivity index (χ1v) is 4.95. The highest BCUT2D eigenvalue weighted by atomic mass is 16.5. The van der Waals surface area contributed by atoms with Crippen LogP contribution in [-0.4, -0.2) is 30.4 Å². The Morgan fingerprint density at radius 1 is 1.25 bits per heavy atom. The molecule has 2 aromatic rings. The Labute approximate surface area is 93.2 Å². The smallest absolute Gasteiger partial charge is 0.163 e. The summed E-state index contributed by atoms with van der Waals surface area (Å²) in [6.07, 6.45) is 1.65. The van der Waals surface area contributed by atoms with E-state index in [2.05, 4.69) is 4.98 Å². The summed E-state index contributed by atoms with van der Waals surface area (Å²) in [5.41, 5.74) is 1.68. The molecule has 16 heavy (non-hydrogen) atoms. The topological polar surface area (TPSA) is 56.2 Å². The lowest BCUT2D eigenvalue weighted by Gasteiger charge is -2.08. The fourth-order valence-electron chi connectivity index (χ4n) is 1.66. The van der Waals surface area contributed by atoms with Crippen LogP contribution < -0.4 is 9.47 Å². The molecule has 0 saturated carbocycles. The van der Waals surface area contributed by atoms with E-state index in [4.69, 9.17) is 9.47 Å². The van der Waals surface area contributed by atoms with Crippen LogP contribution in [0, 0.1) is 0 Å². The van der Waals surface area contributed by atoms with Crippen LogP contribution in [0.2, 0.25) is 0 Å². The lowest BCUT2D eigenvalue weighted by atomic mass is 10.2. The lowest BCUT2D eigenvalue weighted by molar-refractivity contribution is 0.182. The second-order valence-electron chi connectivity index (χ2n) is 3.34. The molecule has 0 unspecified atom stereocenters. The first-order valence-electron chi connectivity index (χ1n) is 4.95. The van der Waals surface area contributed by atoms with E-state index in [0.29, 0.717) is 18.0 Å². The van der Waals surface area contributed by atoms with Gasteiger partial charge in [-0.25, -0.2) is 10.1 Å². The molecule has 0 spiro atoms. The van der Waals surface area contributed by atoms with E-state index in [9.17, 15) is 5.11 Å². The summed E-state index contributed by atoms with van der Waals surface area (Å²) in [6.45, 7) is 0.242. The fraction of sp³-hybridized carbons (Fsp3) is 0.364. The Bertz CT molecular complexity index is 493. The molecule has 0 aliphatic heterocycles. The third-order valence-corrected chi connectivity index (χ3v) is 2.46. The van der Waals surface area contributed by atoms with E-state index in [1.807, 2.05) is 10.6 Å². The molecule has 1 aromatic heterocycles. The van der Waals surface area contributed by atoms with Gasteiger partial charge in [-0.2, -0.15) is 0 Å². The van der Waals surface area contributed by atoms with Gasteiger partial charge in [0.1, 0.15) is 6.61 Å². The van der Waals surface area contributed by atoms with Crippen LogP contribution >= 0.6 is 0 Å². The minimum atomic E-state index is -0.167. The number of imidazole rings is 1. The third-order valence-electron chi connectivity index (χ3n) is 2.46. The SMILES string of the molecule is COc1cc2ncn(CC[O])c2cc1OC. The van der Waals surface area contributed by atoms with Gasteiger partial charge < -0.3 is 14.0 Å². The van der Waals surface area contributed by atoms with Gasteiger partial charge >= 0.3 is 0 Å². The molecule has 0 aliphatic rings. The number of methoxy groups -OCH3 is 2. The van der Waals surface area contributed by atoms with Gasteiger partial charge in [0, 0.05) is 12.1 Å². The maximum atomic E-state index is 10.6. The summed E-state index contributed by atoms with van der Waals surface area (Å²) in [6, 6.07) is 3.63. The van der Waals surface area contributed by atoms with E-state index in [1.54, 1.807) is 26.6 Å². The maximum absolute atomic E-state index is 10.6. The van der Waals surface area contributed by atoms with Crippen LogP contribution in [0.4, 0.5) is 0 Å². The van der Waals surface area contributed by atoms with Crippen molar-refractivity contribution in [3.63, 3.8) is 0 Å². The molecule has 85 valence electrons. The first kappa shape index (κ1) is 10.8. The number of fused-ring (bicyclic) bond motifs is 1. The van der Waals surface area contributed by atoms with Gasteiger partial charge in [0.15, 0.2) is 11.5 Å². The summed E-state index contributed by atoms with van der Waals surface area (Å²) >= 11 is 0. The number of nitrogens with zero attached hydrogens (tertiary/aromatic N) is 2. The van der Waals surface area contributed by atoms with E-state index in [1.165, 1.54) is 0 Å². The molecule has 0 bridgehead atoms. The lowest BCUT2D eigenvalue weighted by Crippen LogP contribution is -1.99. The molecule has 0 aliphatic carbocycles. The predicted molar refractivity (Wildman–Crippen MR) is 58.4 cm³/mol. The van der Waals surface area contributed by atoms with E-state index >= 15 is 0 Å². The second kappa shape index (κ2) is 4.40. The molecular weight excluding hydrogens is 208 g/mol. The van der Waals surface area contributed by atoms with Gasteiger partial charge in [0.05, 0.1) is 38.1 Å². The van der Waals surface area contributed by atoms with Crippen molar-refractivity contribution in [1.82, 2.24) is 9.55 Å². The molecule has 0 amide bonds. The quantitative estimate of drug-likeness (QED) is 0.785. The first-order chi connectivity index (χ1) is 7.80. The number of hydrogen-bond donors (Lipinski definition) is 0. The average molecular weight is 221 g/mol. The summed E-state index contributed by atoms with van der Waals surface area (Å²) in [5, 5.41) is 10.6. The molecule has 0 atom stereocenters. The van der Waals surface area contributed by atoms with Crippen LogP contribution in [0.5, 0.6) is 11.5 Å². The minimum Gasteiger partial charge on any atom is -0.493 e. The van der Waals surface area contributed by atoms with Crippen molar-refractivity contribution in [2.24, 2.45) is 0 Å². The Hall–Kier alpha value is -1.75. The number of hydrogen-bond acceptors (Lipinski definition) is 3. The van der Waals surface area contributed by atoms with Crippen LogP contribution in [0.3, 0.4) is 0 Å². The molecule has 0 N–H and O–H groups in total. The largest absolute Gasteiger partial charge is 0.493 e. The predicted octanol–water partition coefficient (Wildman–Crippen LogP) is 1.48. The average Bonchev–Trinajstić information content (AvgIpc) is 2.70. The van der Waals surface area contributed by atoms with Crippen molar-refractivity contribution < 1.29 is 14.6 Å². The van der Waals surface area contributed by atoms with E-state index in [0.717, 1.165) is 11.0 Å². The van der Waals surface area contributed by atoms with Gasteiger partial charge in [-0.05, 0) is 0 Å². The number of benzene rings is 1. The zero-order chi connectivity index (χ0) is 11.5. The minimum absolute atomic E-state index is 0.167. The van der Waals surface area contributed by atoms with Crippen molar-refractivity contribution in [1.29, 1.82) is 0 Å². The van der Waals surface area contributed by atoms with Crippen molar-refractivity contribution in [3.8, 4) is 11.5 Å². The number of rotatable bonds is 4. The maximum Gasteiger partial charge on any atom is 0.163 e. The normalized spacial score (nSPS) is 10.7. The number of aromatic nitrogens is 2. The Kier molecular flexibility index (Phi) is 2.96. The molecule has 1 heterocycles. The Morgan fingerprint density at radius 2 is 1.94 bits per heavy atom. The molecular formula is C11H13N2O3. The van der Waals surface area contributed by atoms with E-state index in [-0.39, 0.29) is 6.61 Å². The van der Waals surface area contributed by atoms with E-state index < -0.39 is 0 Å². The molecule has 0 saturated heterocycles. The van der Waals surface area contributed by atoms with Crippen LogP contribution in [0.25, 0.3) is 11.0 Å². The Morgan fingerprint density at radius 3 is 2.56 bits per heavy atom. The highest BCUT2D eigenvalue weighted by Gasteiger charge is 2.09. The molecule has 5 heteroatoms. The molecule has 5 nitrogen and oxygen atoms in total. The molecule has 2 rings (SSSR count). The standard InChI is InChI=1S/C11H13N2O3/c1-15-10-5-8-9(6-11(10)16-2)13(3-4-14)7-12-8/h5-7H,3-4H2,1-2H3. The Balaban J connectivity index is 2.57. The molecule has 0 fully saturated rings. The van der Waals surface area contributed by atoms with Crippen LogP contribution in [-0.2, 0) is 11.7 Å². The number of ether oxygens (including phenoxy) is 2.